The molecule has 0 radical (unpaired) electrons. The van der Waals surface area contributed by atoms with Crippen molar-refractivity contribution < 1.29 is 31.9 Å². The quantitative estimate of drug-likeness (QED) is 0.460. The molecule has 1 aromatic carbocycles. The van der Waals surface area contributed by atoms with Gasteiger partial charge in [0.1, 0.15) is 17.2 Å². The van der Waals surface area contributed by atoms with Gasteiger partial charge in [0.2, 0.25) is 5.91 Å². The molecule has 0 saturated carbocycles. The lowest BCUT2D eigenvalue weighted by Gasteiger charge is -2.32. The van der Waals surface area contributed by atoms with Crippen molar-refractivity contribution in [1.29, 1.82) is 0 Å². The van der Waals surface area contributed by atoms with Crippen LogP contribution >= 0.6 is 0 Å². The fraction of sp³-hybridized carbons (Fsp3) is 0.444. The summed E-state index contributed by atoms with van der Waals surface area (Å²) in [6, 6.07) is 6.83. The van der Waals surface area contributed by atoms with Gasteiger partial charge >= 0.3 is 6.36 Å². The van der Waals surface area contributed by atoms with Gasteiger partial charge in [0.05, 0.1) is 6.20 Å². The van der Waals surface area contributed by atoms with Crippen LogP contribution in [0, 0.1) is 5.82 Å². The van der Waals surface area contributed by atoms with Crippen molar-refractivity contribution in [1.82, 2.24) is 19.8 Å². The van der Waals surface area contributed by atoms with Gasteiger partial charge in [-0.05, 0) is 61.9 Å². The van der Waals surface area contributed by atoms with E-state index >= 15 is 4.39 Å². The lowest BCUT2D eigenvalue weighted by molar-refractivity contribution is -0.274. The van der Waals surface area contributed by atoms with E-state index in [0.717, 1.165) is 36.1 Å². The molecule has 1 N–H and O–H groups in total. The highest BCUT2D eigenvalue weighted by molar-refractivity contribution is 5.94. The molecule has 2 aliphatic rings. The minimum Gasteiger partial charge on any atom is -0.406 e. The first kappa shape index (κ1) is 26.0. The van der Waals surface area contributed by atoms with Crippen molar-refractivity contribution in [3.8, 4) is 5.75 Å². The fourth-order valence-electron chi connectivity index (χ4n) is 5.58. The number of hydrogen-bond acceptors (Lipinski definition) is 4. The zero-order chi connectivity index (χ0) is 27.0. The van der Waals surface area contributed by atoms with Crippen LogP contribution in [0.1, 0.15) is 66.1 Å². The number of aromatic amines is 1. The molecule has 2 aromatic heterocycles. The first-order valence-corrected chi connectivity index (χ1v) is 12.7. The highest BCUT2D eigenvalue weighted by atomic mass is 19.4. The van der Waals surface area contributed by atoms with Gasteiger partial charge in [0.25, 0.3) is 5.91 Å². The Hall–Kier alpha value is -3.63. The summed E-state index contributed by atoms with van der Waals surface area (Å²) in [6.45, 7) is 3.75. The van der Waals surface area contributed by atoms with Crippen LogP contribution < -0.4 is 4.74 Å². The zero-order valence-electron chi connectivity index (χ0n) is 20.9. The summed E-state index contributed by atoms with van der Waals surface area (Å²) in [5, 5.41) is 0.749. The number of H-pyrrole nitrogens is 1. The van der Waals surface area contributed by atoms with Crippen LogP contribution in [0.5, 0.6) is 5.75 Å². The van der Waals surface area contributed by atoms with Crippen molar-refractivity contribution in [3.63, 3.8) is 0 Å². The second kappa shape index (κ2) is 10.3. The van der Waals surface area contributed by atoms with Crippen LogP contribution in [-0.4, -0.2) is 64.1 Å². The third kappa shape index (κ3) is 5.46. The van der Waals surface area contributed by atoms with Gasteiger partial charge in [-0.15, -0.1) is 13.2 Å². The predicted octanol–water partition coefficient (Wildman–Crippen LogP) is 5.35. The molecule has 2 fully saturated rings. The molecule has 202 valence electrons. The SMILES string of the molecule is CC(=O)N1CCC(c2cc3c(C4CCN(C(=O)c5ccc(OC(F)(F)F)cc5)CC4)c(F)cnc3[nH]2)CC1. The first-order valence-electron chi connectivity index (χ1n) is 12.7. The number of piperidine rings is 2. The molecular weight excluding hydrogens is 504 g/mol. The molecular formula is C27H28F4N4O3. The predicted molar refractivity (Wildman–Crippen MR) is 131 cm³/mol. The smallest absolute Gasteiger partial charge is 0.406 e. The van der Waals surface area contributed by atoms with Crippen molar-refractivity contribution >= 4 is 22.8 Å². The second-order valence-electron chi connectivity index (χ2n) is 9.93. The molecule has 2 amide bonds. The maximum atomic E-state index is 15.1. The number of benzene rings is 1. The Morgan fingerprint density at radius 3 is 2.18 bits per heavy atom. The summed E-state index contributed by atoms with van der Waals surface area (Å²) >= 11 is 0. The molecule has 5 rings (SSSR count). The highest BCUT2D eigenvalue weighted by Gasteiger charge is 2.32. The summed E-state index contributed by atoms with van der Waals surface area (Å²) in [6.07, 6.45) is -0.808. The Bertz CT molecular complexity index is 1320. The Morgan fingerprint density at radius 2 is 1.58 bits per heavy atom. The summed E-state index contributed by atoms with van der Waals surface area (Å²) in [5.41, 5.74) is 2.49. The average Bonchev–Trinajstić information content (AvgIpc) is 3.32. The van der Waals surface area contributed by atoms with Crippen LogP contribution in [0.15, 0.2) is 36.5 Å². The lowest BCUT2D eigenvalue weighted by atomic mass is 9.87. The molecule has 4 heterocycles. The van der Waals surface area contributed by atoms with E-state index in [9.17, 15) is 22.8 Å². The van der Waals surface area contributed by atoms with Crippen molar-refractivity contribution in [2.75, 3.05) is 26.2 Å². The Balaban J connectivity index is 1.27. The molecule has 2 aliphatic heterocycles. The van der Waals surface area contributed by atoms with E-state index in [2.05, 4.69) is 14.7 Å². The molecule has 0 atom stereocenters. The largest absolute Gasteiger partial charge is 0.573 e. The third-order valence-corrected chi connectivity index (χ3v) is 7.58. The Kier molecular flexibility index (Phi) is 7.02. The van der Waals surface area contributed by atoms with Crippen LogP contribution in [0.2, 0.25) is 0 Å². The van der Waals surface area contributed by atoms with Gasteiger partial charge in [0, 0.05) is 61.2 Å². The Morgan fingerprint density at radius 1 is 0.974 bits per heavy atom. The van der Waals surface area contributed by atoms with E-state index in [1.165, 1.54) is 18.3 Å². The van der Waals surface area contributed by atoms with E-state index in [-0.39, 0.29) is 40.8 Å². The van der Waals surface area contributed by atoms with Gasteiger partial charge in [0.15, 0.2) is 0 Å². The second-order valence-corrected chi connectivity index (χ2v) is 9.93. The average molecular weight is 533 g/mol. The number of carbonyl (C=O) groups is 2. The topological polar surface area (TPSA) is 78.5 Å². The zero-order valence-corrected chi connectivity index (χ0v) is 20.9. The van der Waals surface area contributed by atoms with Crippen molar-refractivity contribution in [3.05, 3.63) is 59.2 Å². The maximum absolute atomic E-state index is 15.1. The number of aromatic nitrogens is 2. The summed E-state index contributed by atoms with van der Waals surface area (Å²) < 4.78 is 56.1. The molecule has 2 saturated heterocycles. The number of pyridine rings is 1. The molecule has 0 aliphatic carbocycles. The van der Waals surface area contributed by atoms with Gasteiger partial charge in [-0.2, -0.15) is 0 Å². The number of nitrogens with one attached hydrogen (secondary N) is 1. The summed E-state index contributed by atoms with van der Waals surface area (Å²) in [7, 11) is 0. The minimum atomic E-state index is -4.80. The molecule has 11 heteroatoms. The van der Waals surface area contributed by atoms with Gasteiger partial charge in [-0.3, -0.25) is 9.59 Å². The normalized spacial score (nSPS) is 17.7. The standard InChI is InChI=1S/C27H28F4N4O3/c1-16(36)34-10-6-17(7-11-34)23-14-21-24(22(28)15-32-25(21)33-23)18-8-12-35(13-9-18)26(37)19-2-4-20(5-3-19)38-27(29,30)31/h2-5,14-15,17-18H,6-13H2,1H3,(H,32,33). The Labute approximate surface area is 216 Å². The third-order valence-electron chi connectivity index (χ3n) is 7.58. The molecule has 7 nitrogen and oxygen atoms in total. The first-order chi connectivity index (χ1) is 18.1. The number of nitrogens with zero attached hydrogens (tertiary/aromatic N) is 3. The van der Waals surface area contributed by atoms with E-state index in [1.54, 1.807) is 11.8 Å². The van der Waals surface area contributed by atoms with Crippen molar-refractivity contribution in [2.24, 2.45) is 0 Å². The summed E-state index contributed by atoms with van der Waals surface area (Å²) in [4.78, 5) is 35.7. The van der Waals surface area contributed by atoms with Crippen LogP contribution in [0.3, 0.4) is 0 Å². The number of halogens is 4. The summed E-state index contributed by atoms with van der Waals surface area (Å²) in [5.74, 6) is -0.843. The number of hydrogen-bond donors (Lipinski definition) is 1. The van der Waals surface area contributed by atoms with E-state index in [4.69, 9.17) is 0 Å². The van der Waals surface area contributed by atoms with E-state index in [0.29, 0.717) is 50.2 Å². The van der Waals surface area contributed by atoms with E-state index in [1.807, 2.05) is 11.0 Å². The lowest BCUT2D eigenvalue weighted by Crippen LogP contribution is -2.38. The number of fused-ring (bicyclic) bond motifs is 1. The monoisotopic (exact) mass is 532 g/mol. The van der Waals surface area contributed by atoms with Crippen molar-refractivity contribution in [2.45, 2.75) is 50.8 Å². The van der Waals surface area contributed by atoms with Gasteiger partial charge in [-0.25, -0.2) is 9.37 Å². The molecule has 3 aromatic rings. The number of rotatable bonds is 4. The van der Waals surface area contributed by atoms with Gasteiger partial charge < -0.3 is 19.5 Å². The molecule has 0 spiro atoms. The highest BCUT2D eigenvalue weighted by Crippen LogP contribution is 2.37. The van der Waals surface area contributed by atoms with Crippen LogP contribution in [0.25, 0.3) is 11.0 Å². The number of likely N-dealkylation sites (tertiary alicyclic amines) is 2. The minimum absolute atomic E-state index is 0.0726. The molecule has 38 heavy (non-hydrogen) atoms. The number of carbonyl (C=O) groups excluding carboxylic acids is 2. The molecule has 0 unspecified atom stereocenters. The van der Waals surface area contributed by atoms with Gasteiger partial charge in [-0.1, -0.05) is 0 Å². The number of amides is 2. The maximum Gasteiger partial charge on any atom is 0.573 e. The van der Waals surface area contributed by atoms with Crippen LogP contribution in [0.4, 0.5) is 17.6 Å². The number of alkyl halides is 3. The number of ether oxygens (including phenoxy) is 1. The molecule has 0 bridgehead atoms. The van der Waals surface area contributed by atoms with E-state index < -0.39 is 6.36 Å². The van der Waals surface area contributed by atoms with Crippen LogP contribution in [-0.2, 0) is 4.79 Å². The fourth-order valence-corrected chi connectivity index (χ4v) is 5.58.